The van der Waals surface area contributed by atoms with Crippen molar-refractivity contribution in [3.63, 3.8) is 0 Å². The fourth-order valence-corrected chi connectivity index (χ4v) is 1.18. The van der Waals surface area contributed by atoms with Crippen molar-refractivity contribution in [2.24, 2.45) is 0 Å². The van der Waals surface area contributed by atoms with Crippen LogP contribution in [0, 0.1) is 5.82 Å². The molecule has 0 unspecified atom stereocenters. The molecule has 0 fully saturated rings. The van der Waals surface area contributed by atoms with Gasteiger partial charge in [-0.1, -0.05) is 24.3 Å². The number of benzene rings is 1. The van der Waals surface area contributed by atoms with Gasteiger partial charge in [0.1, 0.15) is 5.82 Å². The lowest BCUT2D eigenvalue weighted by molar-refractivity contribution is 0.627. The van der Waals surface area contributed by atoms with Gasteiger partial charge in [0, 0.05) is 5.75 Å². The topological polar surface area (TPSA) is 0 Å². The van der Waals surface area contributed by atoms with Crippen molar-refractivity contribution in [2.75, 3.05) is 12.0 Å². The van der Waals surface area contributed by atoms with Crippen molar-refractivity contribution in [1.82, 2.24) is 0 Å². The molecule has 0 amide bonds. The molecule has 0 aromatic heterocycles. The van der Waals surface area contributed by atoms with Crippen LogP contribution in [0.5, 0.6) is 0 Å². The number of hydrogen-bond acceptors (Lipinski definition) is 1. The molecule has 1 rings (SSSR count). The summed E-state index contributed by atoms with van der Waals surface area (Å²) in [7, 11) is 0. The summed E-state index contributed by atoms with van der Waals surface area (Å²) in [5.41, 5.74) is 0.920. The van der Waals surface area contributed by atoms with E-state index in [1.165, 1.54) is 12.1 Å². The molecule has 2 heteroatoms. The Hall–Kier alpha value is -0.760. The molecular weight excluding hydrogens is 171 g/mol. The van der Waals surface area contributed by atoms with Crippen molar-refractivity contribution >= 4 is 17.8 Å². The molecule has 0 N–H and O–H groups in total. The van der Waals surface area contributed by atoms with Crippen LogP contribution in [0.15, 0.2) is 30.3 Å². The fraction of sp³-hybridized carbons (Fsp3) is 0.200. The van der Waals surface area contributed by atoms with Gasteiger partial charge in [-0.15, -0.1) is 0 Å². The van der Waals surface area contributed by atoms with Gasteiger partial charge in [0.05, 0.1) is 0 Å². The minimum atomic E-state index is -0.179. The van der Waals surface area contributed by atoms with Gasteiger partial charge in [0.25, 0.3) is 0 Å². The number of thioether (sulfide) groups is 1. The Morgan fingerprint density at radius 1 is 1.50 bits per heavy atom. The highest BCUT2D eigenvalue weighted by atomic mass is 32.2. The highest BCUT2D eigenvalue weighted by Gasteiger charge is 1.88. The molecule has 0 nitrogen and oxygen atoms in total. The van der Waals surface area contributed by atoms with E-state index in [1.54, 1.807) is 17.8 Å². The molecule has 0 heterocycles. The van der Waals surface area contributed by atoms with Crippen molar-refractivity contribution in [2.45, 2.75) is 0 Å². The van der Waals surface area contributed by atoms with Gasteiger partial charge in [-0.05, 0) is 24.0 Å². The van der Waals surface area contributed by atoms with Crippen molar-refractivity contribution in [1.29, 1.82) is 0 Å². The first-order chi connectivity index (χ1) is 5.83. The van der Waals surface area contributed by atoms with Crippen LogP contribution in [-0.4, -0.2) is 12.0 Å². The molecule has 0 aliphatic heterocycles. The molecule has 0 saturated heterocycles. The quantitative estimate of drug-likeness (QED) is 0.691. The molecule has 0 aliphatic carbocycles. The largest absolute Gasteiger partial charge is 0.207 e. The minimum Gasteiger partial charge on any atom is -0.207 e. The number of hydrogen-bond donors (Lipinski definition) is 0. The zero-order chi connectivity index (χ0) is 8.81. The summed E-state index contributed by atoms with van der Waals surface area (Å²) >= 11 is 1.74. The highest BCUT2D eigenvalue weighted by Crippen LogP contribution is 2.05. The van der Waals surface area contributed by atoms with Crippen LogP contribution in [-0.2, 0) is 0 Å². The summed E-state index contributed by atoms with van der Waals surface area (Å²) in [6.45, 7) is 0. The Labute approximate surface area is 76.5 Å². The van der Waals surface area contributed by atoms with Crippen LogP contribution in [0.3, 0.4) is 0 Å². The van der Waals surface area contributed by atoms with E-state index in [-0.39, 0.29) is 5.82 Å². The van der Waals surface area contributed by atoms with Gasteiger partial charge in [-0.2, -0.15) is 11.8 Å². The molecular formula is C10H11FS. The summed E-state index contributed by atoms with van der Waals surface area (Å²) in [4.78, 5) is 0. The third kappa shape index (κ3) is 3.09. The fourth-order valence-electron chi connectivity index (χ4n) is 0.891. The number of rotatable bonds is 3. The maximum Gasteiger partial charge on any atom is 0.123 e. The molecule has 0 bridgehead atoms. The maximum atomic E-state index is 12.6. The second-order valence-electron chi connectivity index (χ2n) is 2.41. The lowest BCUT2D eigenvalue weighted by atomic mass is 10.2. The van der Waals surface area contributed by atoms with Crippen LogP contribution in [0.25, 0.3) is 6.08 Å². The second-order valence-corrected chi connectivity index (χ2v) is 3.32. The molecule has 64 valence electrons. The Morgan fingerprint density at radius 2 is 2.33 bits per heavy atom. The molecule has 1 aromatic carbocycles. The number of halogens is 1. The zero-order valence-corrected chi connectivity index (χ0v) is 7.77. The molecule has 0 atom stereocenters. The summed E-state index contributed by atoms with van der Waals surface area (Å²) < 4.78 is 12.6. The summed E-state index contributed by atoms with van der Waals surface area (Å²) in [5, 5.41) is 0. The molecule has 0 radical (unpaired) electrons. The summed E-state index contributed by atoms with van der Waals surface area (Å²) in [5.74, 6) is 0.789. The normalized spacial score (nSPS) is 10.8. The first-order valence-electron chi connectivity index (χ1n) is 3.74. The van der Waals surface area contributed by atoms with Crippen LogP contribution < -0.4 is 0 Å². The smallest absolute Gasteiger partial charge is 0.123 e. The molecule has 0 aliphatic rings. The van der Waals surface area contributed by atoms with Gasteiger partial charge in [-0.3, -0.25) is 0 Å². The van der Waals surface area contributed by atoms with Gasteiger partial charge in [-0.25, -0.2) is 4.39 Å². The van der Waals surface area contributed by atoms with E-state index in [4.69, 9.17) is 0 Å². The maximum absolute atomic E-state index is 12.6. The van der Waals surface area contributed by atoms with E-state index in [9.17, 15) is 4.39 Å². The average Bonchev–Trinajstić information content (AvgIpc) is 2.05. The van der Waals surface area contributed by atoms with Gasteiger partial charge < -0.3 is 0 Å². The van der Waals surface area contributed by atoms with Crippen molar-refractivity contribution in [3.05, 3.63) is 41.7 Å². The molecule has 1 aromatic rings. The molecule has 0 spiro atoms. The van der Waals surface area contributed by atoms with E-state index in [1.807, 2.05) is 24.5 Å². The third-order valence-corrected chi connectivity index (χ3v) is 1.95. The Balaban J connectivity index is 2.63. The second kappa shape index (κ2) is 4.99. The van der Waals surface area contributed by atoms with Crippen molar-refractivity contribution < 1.29 is 4.39 Å². The summed E-state index contributed by atoms with van der Waals surface area (Å²) in [6, 6.07) is 6.58. The SMILES string of the molecule is CSC/C=C/c1cccc(F)c1. The van der Waals surface area contributed by atoms with E-state index >= 15 is 0 Å². The van der Waals surface area contributed by atoms with E-state index in [0.29, 0.717) is 0 Å². The van der Waals surface area contributed by atoms with Crippen molar-refractivity contribution in [3.8, 4) is 0 Å². The molecule has 0 saturated carbocycles. The highest BCUT2D eigenvalue weighted by molar-refractivity contribution is 7.98. The monoisotopic (exact) mass is 182 g/mol. The first kappa shape index (κ1) is 9.33. The standard InChI is InChI=1S/C10H11FS/c1-12-7-3-5-9-4-2-6-10(11)8-9/h2-6,8H,7H2,1H3/b5-3+. The first-order valence-corrected chi connectivity index (χ1v) is 5.13. The summed E-state index contributed by atoms with van der Waals surface area (Å²) in [6.07, 6.45) is 5.99. The third-order valence-electron chi connectivity index (χ3n) is 1.42. The predicted octanol–water partition coefficient (Wildman–Crippen LogP) is 3.20. The van der Waals surface area contributed by atoms with Gasteiger partial charge in [0.15, 0.2) is 0 Å². The average molecular weight is 182 g/mol. The minimum absolute atomic E-state index is 0.179. The van der Waals surface area contributed by atoms with Crippen LogP contribution in [0.2, 0.25) is 0 Å². The van der Waals surface area contributed by atoms with E-state index in [2.05, 4.69) is 0 Å². The van der Waals surface area contributed by atoms with Gasteiger partial charge in [0.2, 0.25) is 0 Å². The Bertz CT molecular complexity index is 268. The van der Waals surface area contributed by atoms with Gasteiger partial charge >= 0.3 is 0 Å². The van der Waals surface area contributed by atoms with E-state index in [0.717, 1.165) is 11.3 Å². The Morgan fingerprint density at radius 3 is 3.00 bits per heavy atom. The zero-order valence-electron chi connectivity index (χ0n) is 6.96. The lowest BCUT2D eigenvalue weighted by Crippen LogP contribution is -1.75. The lowest BCUT2D eigenvalue weighted by Gasteiger charge is -1.92. The van der Waals surface area contributed by atoms with Crippen LogP contribution in [0.4, 0.5) is 4.39 Å². The Kier molecular flexibility index (Phi) is 3.88. The van der Waals surface area contributed by atoms with Crippen LogP contribution >= 0.6 is 11.8 Å². The molecule has 12 heavy (non-hydrogen) atoms. The predicted molar refractivity (Wildman–Crippen MR) is 53.8 cm³/mol. The van der Waals surface area contributed by atoms with Crippen LogP contribution in [0.1, 0.15) is 5.56 Å². The van der Waals surface area contributed by atoms with E-state index < -0.39 is 0 Å².